The molecule has 1 saturated carbocycles. The van der Waals surface area contributed by atoms with Crippen molar-refractivity contribution in [2.75, 3.05) is 19.8 Å². The normalized spacial score (nSPS) is 30.5. The van der Waals surface area contributed by atoms with Gasteiger partial charge in [0.15, 0.2) is 0 Å². The Bertz CT molecular complexity index is 278. The fourth-order valence-corrected chi connectivity index (χ4v) is 2.78. The third kappa shape index (κ3) is 3.12. The second-order valence-corrected chi connectivity index (χ2v) is 5.23. The molecule has 98 valence electrons. The van der Waals surface area contributed by atoms with Crippen molar-refractivity contribution in [3.8, 4) is 0 Å². The molecular weight excluding hydrogens is 240 g/mol. The predicted molar refractivity (Wildman–Crippen MR) is 67.4 cm³/mol. The highest BCUT2D eigenvalue weighted by molar-refractivity contribution is 5.85. The van der Waals surface area contributed by atoms with Gasteiger partial charge in [0.25, 0.3) is 0 Å². The smallest absolute Gasteiger partial charge is 0.224 e. The van der Waals surface area contributed by atoms with Gasteiger partial charge in [0, 0.05) is 44.3 Å². The summed E-state index contributed by atoms with van der Waals surface area (Å²) in [7, 11) is 0. The van der Waals surface area contributed by atoms with E-state index >= 15 is 0 Å². The molecule has 2 heterocycles. The minimum absolute atomic E-state index is 0. The first-order chi connectivity index (χ1) is 7.83. The maximum atomic E-state index is 11.8. The minimum atomic E-state index is 0. The lowest BCUT2D eigenvalue weighted by Crippen LogP contribution is -2.43. The fraction of sp³-hybridized carbons (Fsp3) is 0.917. The van der Waals surface area contributed by atoms with Crippen molar-refractivity contribution in [1.29, 1.82) is 0 Å². The average Bonchev–Trinajstić information content (AvgIpc) is 3.06. The van der Waals surface area contributed by atoms with E-state index in [1.54, 1.807) is 0 Å². The van der Waals surface area contributed by atoms with E-state index < -0.39 is 0 Å². The molecule has 3 fully saturated rings. The molecule has 5 heteroatoms. The Morgan fingerprint density at radius 2 is 1.82 bits per heavy atom. The molecule has 3 aliphatic rings. The number of ether oxygens (including phenoxy) is 1. The molecule has 0 aromatic carbocycles. The van der Waals surface area contributed by atoms with Crippen molar-refractivity contribution in [2.45, 2.75) is 50.2 Å². The number of likely N-dealkylation sites (tertiary alicyclic amines) is 1. The van der Waals surface area contributed by atoms with E-state index in [9.17, 15) is 4.79 Å². The molecular formula is C12H21ClN2O2. The van der Waals surface area contributed by atoms with Crippen LogP contribution in [0.4, 0.5) is 0 Å². The van der Waals surface area contributed by atoms with Crippen LogP contribution >= 0.6 is 12.4 Å². The van der Waals surface area contributed by atoms with Crippen molar-refractivity contribution in [3.63, 3.8) is 0 Å². The number of nitrogens with zero attached hydrogens (tertiary/aromatic N) is 1. The predicted octanol–water partition coefficient (Wildman–Crippen LogP) is 0.940. The second-order valence-electron chi connectivity index (χ2n) is 5.23. The number of hydrogen-bond donors (Lipinski definition) is 1. The lowest BCUT2D eigenvalue weighted by Gasteiger charge is -2.26. The summed E-state index contributed by atoms with van der Waals surface area (Å²) in [6.45, 7) is 2.66. The van der Waals surface area contributed by atoms with Crippen molar-refractivity contribution in [3.05, 3.63) is 0 Å². The SMILES string of the molecule is Cl.O=C1CC(NC2CCOCC2)CN1C1CC1. The summed E-state index contributed by atoms with van der Waals surface area (Å²) in [6, 6.07) is 1.52. The lowest BCUT2D eigenvalue weighted by molar-refractivity contribution is -0.128. The number of carbonyl (C=O) groups excluding carboxylic acids is 1. The van der Waals surface area contributed by atoms with Gasteiger partial charge in [0.1, 0.15) is 0 Å². The quantitative estimate of drug-likeness (QED) is 0.821. The monoisotopic (exact) mass is 260 g/mol. The molecule has 1 unspecified atom stereocenters. The number of amides is 1. The van der Waals surface area contributed by atoms with E-state index in [0.29, 0.717) is 30.5 Å². The molecule has 3 rings (SSSR count). The number of rotatable bonds is 3. The molecule has 1 amide bonds. The Balaban J connectivity index is 0.00000108. The fourth-order valence-electron chi connectivity index (χ4n) is 2.78. The molecule has 0 spiro atoms. The molecule has 1 aliphatic carbocycles. The molecule has 4 nitrogen and oxygen atoms in total. The Kier molecular flexibility index (Phi) is 4.28. The standard InChI is InChI=1S/C12H20N2O2.ClH/c15-12-7-10(8-14(12)11-1-2-11)13-9-3-5-16-6-4-9;/h9-11,13H,1-8H2;1H. The third-order valence-electron chi connectivity index (χ3n) is 3.84. The van der Waals surface area contributed by atoms with Crippen LogP contribution in [-0.4, -0.2) is 48.7 Å². The highest BCUT2D eigenvalue weighted by atomic mass is 35.5. The maximum absolute atomic E-state index is 11.8. The zero-order chi connectivity index (χ0) is 11.0. The molecule has 2 saturated heterocycles. The van der Waals surface area contributed by atoms with E-state index in [4.69, 9.17) is 4.74 Å². The van der Waals surface area contributed by atoms with Crippen molar-refractivity contribution in [2.24, 2.45) is 0 Å². The summed E-state index contributed by atoms with van der Waals surface area (Å²) in [6.07, 6.45) is 5.32. The van der Waals surface area contributed by atoms with Crippen molar-refractivity contribution >= 4 is 18.3 Å². The maximum Gasteiger partial charge on any atom is 0.224 e. The summed E-state index contributed by atoms with van der Waals surface area (Å²) in [5, 5.41) is 3.62. The van der Waals surface area contributed by atoms with Gasteiger partial charge in [-0.2, -0.15) is 0 Å². The molecule has 0 aromatic heterocycles. The highest BCUT2D eigenvalue weighted by Gasteiger charge is 2.39. The van der Waals surface area contributed by atoms with Crippen LogP contribution in [0.15, 0.2) is 0 Å². The minimum Gasteiger partial charge on any atom is -0.381 e. The molecule has 0 bridgehead atoms. The highest BCUT2D eigenvalue weighted by Crippen LogP contribution is 2.30. The molecule has 1 N–H and O–H groups in total. The number of carbonyl (C=O) groups is 1. The van der Waals surface area contributed by atoms with E-state index in [2.05, 4.69) is 10.2 Å². The van der Waals surface area contributed by atoms with Gasteiger partial charge in [-0.1, -0.05) is 0 Å². The van der Waals surface area contributed by atoms with Gasteiger partial charge < -0.3 is 15.0 Å². The Labute approximate surface area is 108 Å². The van der Waals surface area contributed by atoms with Gasteiger partial charge in [-0.3, -0.25) is 4.79 Å². The molecule has 1 atom stereocenters. The van der Waals surface area contributed by atoms with Gasteiger partial charge in [-0.05, 0) is 25.7 Å². The summed E-state index contributed by atoms with van der Waals surface area (Å²) >= 11 is 0. The van der Waals surface area contributed by atoms with E-state index in [0.717, 1.165) is 32.6 Å². The first-order valence-electron chi connectivity index (χ1n) is 6.46. The van der Waals surface area contributed by atoms with Gasteiger partial charge in [0.05, 0.1) is 0 Å². The van der Waals surface area contributed by atoms with Crippen LogP contribution in [0, 0.1) is 0 Å². The first kappa shape index (κ1) is 13.1. The average molecular weight is 261 g/mol. The Morgan fingerprint density at radius 1 is 1.12 bits per heavy atom. The zero-order valence-corrected chi connectivity index (χ0v) is 10.9. The molecule has 17 heavy (non-hydrogen) atoms. The first-order valence-corrected chi connectivity index (χ1v) is 6.46. The summed E-state index contributed by atoms with van der Waals surface area (Å²) in [5.41, 5.74) is 0. The largest absolute Gasteiger partial charge is 0.381 e. The number of nitrogens with one attached hydrogen (secondary N) is 1. The third-order valence-corrected chi connectivity index (χ3v) is 3.84. The van der Waals surface area contributed by atoms with E-state index in [-0.39, 0.29) is 12.4 Å². The molecule has 0 radical (unpaired) electrons. The summed E-state index contributed by atoms with van der Waals surface area (Å²) in [4.78, 5) is 13.8. The van der Waals surface area contributed by atoms with Crippen LogP contribution in [0.1, 0.15) is 32.1 Å². The molecule has 2 aliphatic heterocycles. The van der Waals surface area contributed by atoms with Crippen LogP contribution in [0.2, 0.25) is 0 Å². The van der Waals surface area contributed by atoms with Gasteiger partial charge in [-0.25, -0.2) is 0 Å². The van der Waals surface area contributed by atoms with Crippen LogP contribution in [0.25, 0.3) is 0 Å². The van der Waals surface area contributed by atoms with Gasteiger partial charge in [0.2, 0.25) is 5.91 Å². The lowest BCUT2D eigenvalue weighted by atomic mass is 10.1. The van der Waals surface area contributed by atoms with Crippen LogP contribution < -0.4 is 5.32 Å². The zero-order valence-electron chi connectivity index (χ0n) is 10.1. The topological polar surface area (TPSA) is 41.6 Å². The van der Waals surface area contributed by atoms with Crippen LogP contribution in [0.3, 0.4) is 0 Å². The second kappa shape index (κ2) is 5.55. The van der Waals surface area contributed by atoms with Crippen molar-refractivity contribution < 1.29 is 9.53 Å². The number of halogens is 1. The summed E-state index contributed by atoms with van der Waals surface area (Å²) in [5.74, 6) is 0.354. The Hall–Kier alpha value is -0.320. The van der Waals surface area contributed by atoms with Crippen molar-refractivity contribution in [1.82, 2.24) is 10.2 Å². The van der Waals surface area contributed by atoms with Crippen LogP contribution in [0.5, 0.6) is 0 Å². The Morgan fingerprint density at radius 3 is 2.47 bits per heavy atom. The van der Waals surface area contributed by atoms with Crippen LogP contribution in [-0.2, 0) is 9.53 Å². The summed E-state index contributed by atoms with van der Waals surface area (Å²) < 4.78 is 5.34. The van der Waals surface area contributed by atoms with E-state index in [1.165, 1.54) is 12.8 Å². The molecule has 0 aromatic rings. The number of hydrogen-bond acceptors (Lipinski definition) is 3. The van der Waals surface area contributed by atoms with E-state index in [1.807, 2.05) is 0 Å². The van der Waals surface area contributed by atoms with Gasteiger partial charge in [-0.15, -0.1) is 12.4 Å². The van der Waals surface area contributed by atoms with Gasteiger partial charge >= 0.3 is 0 Å².